The number of sulfonamides is 1. The van der Waals surface area contributed by atoms with E-state index < -0.39 is 10.0 Å². The number of hydrogen-bond donors (Lipinski definition) is 1. The summed E-state index contributed by atoms with van der Waals surface area (Å²) in [5.41, 5.74) is 1.12. The van der Waals surface area contributed by atoms with Crippen molar-refractivity contribution in [2.45, 2.75) is 24.7 Å². The van der Waals surface area contributed by atoms with E-state index in [1.54, 1.807) is 24.5 Å². The Labute approximate surface area is 113 Å². The topological polar surface area (TPSA) is 59.3 Å². The molecule has 0 amide bonds. The molecule has 1 aromatic carbocycles. The first-order chi connectivity index (χ1) is 9.12. The molecular weight excluding hydrogens is 262 g/mol. The number of furan rings is 1. The first-order valence-corrected chi connectivity index (χ1v) is 7.71. The fraction of sp³-hybridized carbons (Fsp3) is 0.286. The van der Waals surface area contributed by atoms with Crippen LogP contribution < -0.4 is 4.72 Å². The van der Waals surface area contributed by atoms with Gasteiger partial charge in [0.25, 0.3) is 0 Å². The number of aryl methyl sites for hydroxylation is 1. The van der Waals surface area contributed by atoms with Crippen LogP contribution in [0, 0.1) is 0 Å². The smallest absolute Gasteiger partial charge is 0.240 e. The van der Waals surface area contributed by atoms with E-state index in [-0.39, 0.29) is 0 Å². The van der Waals surface area contributed by atoms with Gasteiger partial charge in [-0.25, -0.2) is 13.1 Å². The zero-order valence-corrected chi connectivity index (χ0v) is 11.6. The van der Waals surface area contributed by atoms with E-state index in [4.69, 9.17) is 4.42 Å². The summed E-state index contributed by atoms with van der Waals surface area (Å²) < 4.78 is 31.7. The Morgan fingerprint density at radius 3 is 2.47 bits per heavy atom. The number of rotatable bonds is 6. The normalized spacial score (nSPS) is 11.6. The second-order valence-electron chi connectivity index (χ2n) is 4.22. The molecule has 0 atom stereocenters. The van der Waals surface area contributed by atoms with Crippen molar-refractivity contribution in [3.63, 3.8) is 0 Å². The van der Waals surface area contributed by atoms with Crippen molar-refractivity contribution in [1.29, 1.82) is 0 Å². The third kappa shape index (κ3) is 3.68. The average Bonchev–Trinajstić information content (AvgIpc) is 2.92. The predicted octanol–water partition coefficient (Wildman–Crippen LogP) is 2.36. The quantitative estimate of drug-likeness (QED) is 0.883. The molecule has 2 aromatic rings. The summed E-state index contributed by atoms with van der Waals surface area (Å²) >= 11 is 0. The second kappa shape index (κ2) is 6.04. The van der Waals surface area contributed by atoms with E-state index >= 15 is 0 Å². The molecule has 19 heavy (non-hydrogen) atoms. The molecule has 0 spiro atoms. The largest absolute Gasteiger partial charge is 0.469 e. The van der Waals surface area contributed by atoms with Crippen LogP contribution in [0.1, 0.15) is 18.2 Å². The van der Waals surface area contributed by atoms with E-state index in [1.807, 2.05) is 25.1 Å². The molecule has 0 bridgehead atoms. The van der Waals surface area contributed by atoms with Gasteiger partial charge in [0.05, 0.1) is 11.2 Å². The van der Waals surface area contributed by atoms with Crippen LogP contribution in [0.3, 0.4) is 0 Å². The maximum absolute atomic E-state index is 12.0. The van der Waals surface area contributed by atoms with Crippen molar-refractivity contribution in [1.82, 2.24) is 4.72 Å². The Kier molecular flexibility index (Phi) is 4.39. The Morgan fingerprint density at radius 2 is 1.89 bits per heavy atom. The molecule has 0 fully saturated rings. The Hall–Kier alpha value is -1.59. The molecule has 102 valence electrons. The standard InChI is InChI=1S/C14H17NO3S/c1-2-12-5-7-14(8-6-12)19(16,17)15-10-9-13-4-3-11-18-13/h3-8,11,15H,2,9-10H2,1H3. The minimum atomic E-state index is -3.43. The summed E-state index contributed by atoms with van der Waals surface area (Å²) in [6, 6.07) is 10.5. The van der Waals surface area contributed by atoms with Gasteiger partial charge in [-0.05, 0) is 36.2 Å². The van der Waals surface area contributed by atoms with Crippen LogP contribution in [0.2, 0.25) is 0 Å². The van der Waals surface area contributed by atoms with E-state index in [1.165, 1.54) is 0 Å². The van der Waals surface area contributed by atoms with Crippen LogP contribution in [0.4, 0.5) is 0 Å². The molecule has 4 nitrogen and oxygen atoms in total. The van der Waals surface area contributed by atoms with Crippen LogP contribution in [0.15, 0.2) is 52.0 Å². The second-order valence-corrected chi connectivity index (χ2v) is 5.99. The summed E-state index contributed by atoms with van der Waals surface area (Å²) in [4.78, 5) is 0.296. The molecule has 0 radical (unpaired) electrons. The fourth-order valence-corrected chi connectivity index (χ4v) is 2.78. The van der Waals surface area contributed by atoms with Crippen molar-refractivity contribution in [3.05, 3.63) is 54.0 Å². The molecule has 0 unspecified atom stereocenters. The fourth-order valence-electron chi connectivity index (χ4n) is 1.75. The lowest BCUT2D eigenvalue weighted by molar-refractivity contribution is 0.506. The Bertz CT molecular complexity index is 601. The first-order valence-electron chi connectivity index (χ1n) is 6.23. The minimum Gasteiger partial charge on any atom is -0.469 e. The third-order valence-electron chi connectivity index (χ3n) is 2.89. The molecule has 5 heteroatoms. The van der Waals surface area contributed by atoms with Gasteiger partial charge in [0, 0.05) is 13.0 Å². The van der Waals surface area contributed by atoms with Crippen LogP contribution in [0.25, 0.3) is 0 Å². The molecule has 0 aliphatic heterocycles. The molecule has 0 saturated carbocycles. The van der Waals surface area contributed by atoms with E-state index in [2.05, 4.69) is 4.72 Å². The molecule has 0 saturated heterocycles. The van der Waals surface area contributed by atoms with Crippen LogP contribution in [-0.2, 0) is 22.9 Å². The lowest BCUT2D eigenvalue weighted by Crippen LogP contribution is -2.25. The lowest BCUT2D eigenvalue weighted by Gasteiger charge is -2.06. The van der Waals surface area contributed by atoms with Crippen LogP contribution in [0.5, 0.6) is 0 Å². The van der Waals surface area contributed by atoms with Gasteiger partial charge in [-0.15, -0.1) is 0 Å². The van der Waals surface area contributed by atoms with Gasteiger partial charge >= 0.3 is 0 Å². The van der Waals surface area contributed by atoms with Gasteiger partial charge in [0.15, 0.2) is 0 Å². The van der Waals surface area contributed by atoms with Crippen molar-refractivity contribution in [3.8, 4) is 0 Å². The zero-order valence-electron chi connectivity index (χ0n) is 10.8. The van der Waals surface area contributed by atoms with Crippen LogP contribution in [-0.4, -0.2) is 15.0 Å². The minimum absolute atomic E-state index is 0.296. The SMILES string of the molecule is CCc1ccc(S(=O)(=O)NCCc2ccco2)cc1. The molecule has 1 heterocycles. The van der Waals surface area contributed by atoms with Gasteiger partial charge in [-0.2, -0.15) is 0 Å². The summed E-state index contributed by atoms with van der Waals surface area (Å²) in [5.74, 6) is 0.768. The van der Waals surface area contributed by atoms with Gasteiger partial charge in [-0.1, -0.05) is 19.1 Å². The monoisotopic (exact) mass is 279 g/mol. The van der Waals surface area contributed by atoms with Crippen molar-refractivity contribution in [2.24, 2.45) is 0 Å². The summed E-state index contributed by atoms with van der Waals surface area (Å²) in [5, 5.41) is 0. The number of nitrogens with one attached hydrogen (secondary N) is 1. The third-order valence-corrected chi connectivity index (χ3v) is 4.36. The maximum atomic E-state index is 12.0. The molecule has 2 rings (SSSR count). The summed E-state index contributed by atoms with van der Waals surface area (Å²) in [7, 11) is -3.43. The van der Waals surface area contributed by atoms with Crippen LogP contribution >= 0.6 is 0 Å². The molecule has 1 aromatic heterocycles. The van der Waals surface area contributed by atoms with E-state index in [0.717, 1.165) is 17.7 Å². The highest BCUT2D eigenvalue weighted by atomic mass is 32.2. The highest BCUT2D eigenvalue weighted by Gasteiger charge is 2.13. The molecular formula is C14H17NO3S. The van der Waals surface area contributed by atoms with Gasteiger partial charge < -0.3 is 4.42 Å². The van der Waals surface area contributed by atoms with Crippen molar-refractivity contribution >= 4 is 10.0 Å². The highest BCUT2D eigenvalue weighted by molar-refractivity contribution is 7.89. The molecule has 0 aliphatic carbocycles. The first kappa shape index (κ1) is 13.8. The van der Waals surface area contributed by atoms with Gasteiger partial charge in [0.1, 0.15) is 5.76 Å². The number of hydrogen-bond acceptors (Lipinski definition) is 3. The lowest BCUT2D eigenvalue weighted by atomic mass is 10.2. The van der Waals surface area contributed by atoms with E-state index in [0.29, 0.717) is 17.9 Å². The Morgan fingerprint density at radius 1 is 1.16 bits per heavy atom. The van der Waals surface area contributed by atoms with Gasteiger partial charge in [0.2, 0.25) is 10.0 Å². The summed E-state index contributed by atoms with van der Waals surface area (Å²) in [6.07, 6.45) is 3.01. The van der Waals surface area contributed by atoms with Crippen molar-refractivity contribution in [2.75, 3.05) is 6.54 Å². The Balaban J connectivity index is 1.97. The van der Waals surface area contributed by atoms with E-state index in [9.17, 15) is 8.42 Å². The zero-order chi connectivity index (χ0) is 13.7. The average molecular weight is 279 g/mol. The summed E-state index contributed by atoms with van der Waals surface area (Å²) in [6.45, 7) is 2.36. The predicted molar refractivity (Wildman–Crippen MR) is 73.4 cm³/mol. The van der Waals surface area contributed by atoms with Gasteiger partial charge in [-0.3, -0.25) is 0 Å². The number of benzene rings is 1. The maximum Gasteiger partial charge on any atom is 0.240 e. The van der Waals surface area contributed by atoms with Crippen molar-refractivity contribution < 1.29 is 12.8 Å². The molecule has 0 aliphatic rings. The highest BCUT2D eigenvalue weighted by Crippen LogP contribution is 2.11. The molecule has 1 N–H and O–H groups in total.